The lowest BCUT2D eigenvalue weighted by Crippen LogP contribution is -2.37. The molecule has 0 atom stereocenters. The predicted octanol–water partition coefficient (Wildman–Crippen LogP) is 5.75. The van der Waals surface area contributed by atoms with Crippen molar-refractivity contribution in [1.82, 2.24) is 14.9 Å². The maximum atomic E-state index is 13.5. The molecule has 2 heterocycles. The van der Waals surface area contributed by atoms with E-state index in [4.69, 9.17) is 4.98 Å². The van der Waals surface area contributed by atoms with Crippen molar-refractivity contribution in [3.8, 4) is 0 Å². The van der Waals surface area contributed by atoms with Crippen molar-refractivity contribution < 1.29 is 13.6 Å². The molecule has 9 heteroatoms. The Labute approximate surface area is 233 Å². The average molecular weight is 545 g/mol. The SMILES string of the molecule is Cc1ccc2c(NCc3ccc(NC(=O)C4CCN(Cc5ccc(F)c(F)c5)CC4)cc3)nc(N(C)C)nc2c1. The van der Waals surface area contributed by atoms with Gasteiger partial charge in [-0.05, 0) is 85.9 Å². The van der Waals surface area contributed by atoms with E-state index >= 15 is 0 Å². The summed E-state index contributed by atoms with van der Waals surface area (Å²) in [6, 6.07) is 18.0. The average Bonchev–Trinajstić information content (AvgIpc) is 2.94. The lowest BCUT2D eigenvalue weighted by Gasteiger charge is -2.31. The first-order valence-corrected chi connectivity index (χ1v) is 13.5. The Kier molecular flexibility index (Phi) is 8.21. The fourth-order valence-corrected chi connectivity index (χ4v) is 4.95. The van der Waals surface area contributed by atoms with E-state index in [0.717, 1.165) is 71.1 Å². The van der Waals surface area contributed by atoms with Crippen LogP contribution in [-0.4, -0.2) is 48.0 Å². The highest BCUT2D eigenvalue weighted by atomic mass is 19.2. The summed E-state index contributed by atoms with van der Waals surface area (Å²) in [5.74, 6) is -0.308. The monoisotopic (exact) mass is 544 g/mol. The summed E-state index contributed by atoms with van der Waals surface area (Å²) in [6.45, 7) is 4.63. The summed E-state index contributed by atoms with van der Waals surface area (Å²) in [6.07, 6.45) is 1.44. The Morgan fingerprint density at radius 3 is 2.38 bits per heavy atom. The summed E-state index contributed by atoms with van der Waals surface area (Å²) in [5.41, 5.74) is 4.60. The number of piperidine rings is 1. The molecule has 40 heavy (non-hydrogen) atoms. The van der Waals surface area contributed by atoms with Crippen LogP contribution in [0.1, 0.15) is 29.5 Å². The van der Waals surface area contributed by atoms with E-state index in [1.807, 2.05) is 56.3 Å². The fraction of sp³-hybridized carbons (Fsp3) is 0.323. The number of nitrogens with zero attached hydrogens (tertiary/aromatic N) is 4. The van der Waals surface area contributed by atoms with E-state index in [1.165, 1.54) is 6.07 Å². The van der Waals surface area contributed by atoms with Gasteiger partial charge in [-0.2, -0.15) is 4.98 Å². The molecule has 1 amide bonds. The van der Waals surface area contributed by atoms with Gasteiger partial charge in [-0.3, -0.25) is 9.69 Å². The van der Waals surface area contributed by atoms with Crippen molar-refractivity contribution >= 4 is 34.3 Å². The third kappa shape index (κ3) is 6.54. The molecule has 5 rings (SSSR count). The van der Waals surface area contributed by atoms with Crippen LogP contribution >= 0.6 is 0 Å². The molecule has 3 aromatic carbocycles. The van der Waals surface area contributed by atoms with Crippen molar-refractivity contribution in [1.29, 1.82) is 0 Å². The number of benzene rings is 3. The molecular weight excluding hydrogens is 510 g/mol. The minimum Gasteiger partial charge on any atom is -0.365 e. The highest BCUT2D eigenvalue weighted by molar-refractivity contribution is 5.92. The summed E-state index contributed by atoms with van der Waals surface area (Å²) in [7, 11) is 3.85. The van der Waals surface area contributed by atoms with E-state index in [-0.39, 0.29) is 11.8 Å². The molecule has 0 radical (unpaired) electrons. The third-order valence-corrected chi connectivity index (χ3v) is 7.27. The molecule has 7 nitrogen and oxygen atoms in total. The van der Waals surface area contributed by atoms with Gasteiger partial charge in [0.25, 0.3) is 0 Å². The van der Waals surface area contributed by atoms with Crippen LogP contribution < -0.4 is 15.5 Å². The van der Waals surface area contributed by atoms with Crippen molar-refractivity contribution in [2.75, 3.05) is 42.7 Å². The molecule has 0 aliphatic carbocycles. The van der Waals surface area contributed by atoms with Gasteiger partial charge in [-0.15, -0.1) is 0 Å². The van der Waals surface area contributed by atoms with Crippen LogP contribution in [0.15, 0.2) is 60.7 Å². The molecule has 4 aromatic rings. The van der Waals surface area contributed by atoms with Crippen LogP contribution in [0.25, 0.3) is 10.9 Å². The molecule has 2 N–H and O–H groups in total. The first-order chi connectivity index (χ1) is 19.2. The normalized spacial score (nSPS) is 14.3. The molecule has 1 aromatic heterocycles. The van der Waals surface area contributed by atoms with Crippen molar-refractivity contribution in [3.63, 3.8) is 0 Å². The molecule has 208 valence electrons. The first kappa shape index (κ1) is 27.5. The summed E-state index contributed by atoms with van der Waals surface area (Å²) in [5, 5.41) is 7.46. The molecule has 1 aliphatic rings. The highest BCUT2D eigenvalue weighted by Crippen LogP contribution is 2.25. The molecule has 0 saturated carbocycles. The number of likely N-dealkylation sites (tertiary alicyclic amines) is 1. The van der Waals surface area contributed by atoms with E-state index in [2.05, 4.69) is 32.7 Å². The van der Waals surface area contributed by atoms with E-state index in [1.54, 1.807) is 6.07 Å². The Balaban J connectivity index is 1.14. The Hall–Kier alpha value is -4.11. The number of amides is 1. The molecule has 0 spiro atoms. The largest absolute Gasteiger partial charge is 0.365 e. The van der Waals surface area contributed by atoms with Gasteiger partial charge in [0.15, 0.2) is 11.6 Å². The maximum absolute atomic E-state index is 13.5. The Morgan fingerprint density at radius 1 is 0.950 bits per heavy atom. The lowest BCUT2D eigenvalue weighted by atomic mass is 9.95. The Bertz CT molecular complexity index is 1500. The molecule has 0 unspecified atom stereocenters. The number of aryl methyl sites for hydroxylation is 1. The van der Waals surface area contributed by atoms with Crippen LogP contribution in [0.4, 0.5) is 26.2 Å². The zero-order valence-electron chi connectivity index (χ0n) is 23.0. The van der Waals surface area contributed by atoms with Crippen molar-refractivity contribution in [3.05, 3.63) is 89.0 Å². The smallest absolute Gasteiger partial charge is 0.227 e. The van der Waals surface area contributed by atoms with Gasteiger partial charge in [0, 0.05) is 44.2 Å². The van der Waals surface area contributed by atoms with E-state index in [0.29, 0.717) is 19.0 Å². The minimum atomic E-state index is -0.837. The molecule has 0 bridgehead atoms. The number of anilines is 3. The fourth-order valence-electron chi connectivity index (χ4n) is 4.95. The Morgan fingerprint density at radius 2 is 1.68 bits per heavy atom. The van der Waals surface area contributed by atoms with E-state index in [9.17, 15) is 13.6 Å². The van der Waals surface area contributed by atoms with Gasteiger partial charge in [0.1, 0.15) is 5.82 Å². The van der Waals surface area contributed by atoms with Crippen LogP contribution in [0.5, 0.6) is 0 Å². The maximum Gasteiger partial charge on any atom is 0.227 e. The standard InChI is InChI=1S/C31H34F2N6O/c1-20-4-10-25-28(16-20)36-31(38(2)3)37-29(25)34-18-21-5-8-24(9-6-21)35-30(40)23-12-14-39(15-13-23)19-22-7-11-26(32)27(33)17-22/h4-11,16-17,23H,12-15,18-19H2,1-3H3,(H,35,40)(H,34,36,37). The van der Waals surface area contributed by atoms with Crippen LogP contribution in [0.3, 0.4) is 0 Å². The van der Waals surface area contributed by atoms with Crippen molar-refractivity contribution in [2.45, 2.75) is 32.9 Å². The number of nitrogens with one attached hydrogen (secondary N) is 2. The number of carbonyl (C=O) groups excluding carboxylic acids is 1. The van der Waals surface area contributed by atoms with Crippen LogP contribution in [0.2, 0.25) is 0 Å². The number of carbonyl (C=O) groups is 1. The molecule has 1 saturated heterocycles. The topological polar surface area (TPSA) is 73.4 Å². The van der Waals surface area contributed by atoms with Gasteiger partial charge in [0.05, 0.1) is 5.52 Å². The third-order valence-electron chi connectivity index (χ3n) is 7.27. The number of hydrogen-bond acceptors (Lipinski definition) is 6. The second-order valence-electron chi connectivity index (χ2n) is 10.6. The summed E-state index contributed by atoms with van der Waals surface area (Å²) in [4.78, 5) is 26.3. The number of aromatic nitrogens is 2. The van der Waals surface area contributed by atoms with Gasteiger partial charge >= 0.3 is 0 Å². The predicted molar refractivity (Wildman–Crippen MR) is 155 cm³/mol. The highest BCUT2D eigenvalue weighted by Gasteiger charge is 2.25. The lowest BCUT2D eigenvalue weighted by molar-refractivity contribution is -0.121. The second kappa shape index (κ2) is 12.0. The zero-order chi connectivity index (χ0) is 28.2. The van der Waals surface area contributed by atoms with Crippen LogP contribution in [0, 0.1) is 24.5 Å². The molecular formula is C31H34F2N6O. The first-order valence-electron chi connectivity index (χ1n) is 13.5. The van der Waals surface area contributed by atoms with Gasteiger partial charge in [-0.25, -0.2) is 13.8 Å². The number of fused-ring (bicyclic) bond motifs is 1. The second-order valence-corrected chi connectivity index (χ2v) is 10.6. The summed E-state index contributed by atoms with van der Waals surface area (Å²) >= 11 is 0. The van der Waals surface area contributed by atoms with Gasteiger partial charge in [-0.1, -0.05) is 24.3 Å². The van der Waals surface area contributed by atoms with Crippen LogP contribution in [-0.2, 0) is 17.9 Å². The van der Waals surface area contributed by atoms with Gasteiger partial charge < -0.3 is 15.5 Å². The molecule has 1 fully saturated rings. The van der Waals surface area contributed by atoms with Gasteiger partial charge in [0.2, 0.25) is 11.9 Å². The molecule has 1 aliphatic heterocycles. The number of hydrogen-bond donors (Lipinski definition) is 2. The quantitative estimate of drug-likeness (QED) is 0.295. The summed E-state index contributed by atoms with van der Waals surface area (Å²) < 4.78 is 26.7. The van der Waals surface area contributed by atoms with Crippen molar-refractivity contribution in [2.24, 2.45) is 5.92 Å². The minimum absolute atomic E-state index is 0.0114. The zero-order valence-corrected chi connectivity index (χ0v) is 23.0. The van der Waals surface area contributed by atoms with E-state index < -0.39 is 11.6 Å². The number of rotatable bonds is 8. The number of halogens is 2.